The fourth-order valence-electron chi connectivity index (χ4n) is 4.54. The van der Waals surface area contributed by atoms with Gasteiger partial charge in [0, 0.05) is 16.9 Å². The SMILES string of the molecule is c1ccc(N2B3c4ccccc4-c4ccccc4N3c3ccccc32)cc1. The highest BCUT2D eigenvalue weighted by Gasteiger charge is 2.47. The van der Waals surface area contributed by atoms with Gasteiger partial charge in [0.25, 0.3) is 0 Å². The van der Waals surface area contributed by atoms with Crippen LogP contribution in [0.3, 0.4) is 0 Å². The summed E-state index contributed by atoms with van der Waals surface area (Å²) in [6.45, 7) is 0.121. The minimum absolute atomic E-state index is 0.121. The molecule has 0 radical (unpaired) electrons. The van der Waals surface area contributed by atoms with Crippen molar-refractivity contribution in [2.45, 2.75) is 0 Å². The van der Waals surface area contributed by atoms with E-state index in [-0.39, 0.29) is 6.98 Å². The van der Waals surface area contributed by atoms with Crippen molar-refractivity contribution in [2.75, 3.05) is 9.62 Å². The highest BCUT2D eigenvalue weighted by Crippen LogP contribution is 2.50. The van der Waals surface area contributed by atoms with Gasteiger partial charge in [-0.05, 0) is 41.4 Å². The molecule has 0 N–H and O–H groups in total. The Bertz CT molecular complexity index is 1130. The second kappa shape index (κ2) is 5.52. The Morgan fingerprint density at radius 2 is 1.00 bits per heavy atom. The number of hydrogen-bond donors (Lipinski definition) is 0. The molecule has 0 fully saturated rings. The number of anilines is 4. The Kier molecular flexibility index (Phi) is 3.00. The normalized spacial score (nSPS) is 13.7. The third-order valence-corrected chi connectivity index (χ3v) is 5.62. The molecule has 2 heterocycles. The Labute approximate surface area is 159 Å². The zero-order valence-corrected chi connectivity index (χ0v) is 14.8. The van der Waals surface area contributed by atoms with Crippen LogP contribution in [0.1, 0.15) is 0 Å². The molecule has 2 aliphatic heterocycles. The molecule has 0 unspecified atom stereocenters. The highest BCUT2D eigenvalue weighted by molar-refractivity contribution is 6.86. The number of hydrogen-bond acceptors (Lipinski definition) is 2. The summed E-state index contributed by atoms with van der Waals surface area (Å²) in [5, 5.41) is 0. The molecule has 0 saturated heterocycles. The van der Waals surface area contributed by atoms with E-state index in [0.29, 0.717) is 0 Å². The topological polar surface area (TPSA) is 6.48 Å². The van der Waals surface area contributed by atoms with Crippen LogP contribution in [-0.2, 0) is 0 Å². The first-order chi connectivity index (χ1) is 13.4. The fourth-order valence-corrected chi connectivity index (χ4v) is 4.54. The lowest BCUT2D eigenvalue weighted by Crippen LogP contribution is -2.55. The van der Waals surface area contributed by atoms with E-state index in [1.807, 2.05) is 0 Å². The maximum Gasteiger partial charge on any atom is 0.421 e. The zero-order chi connectivity index (χ0) is 17.8. The summed E-state index contributed by atoms with van der Waals surface area (Å²) < 4.78 is 0. The first-order valence-corrected chi connectivity index (χ1v) is 9.34. The first kappa shape index (κ1) is 14.7. The van der Waals surface area contributed by atoms with Crippen molar-refractivity contribution in [1.82, 2.24) is 0 Å². The fraction of sp³-hybridized carbons (Fsp3) is 0. The molecule has 126 valence electrons. The van der Waals surface area contributed by atoms with E-state index in [1.165, 1.54) is 39.3 Å². The van der Waals surface area contributed by atoms with E-state index in [0.717, 1.165) is 0 Å². The minimum atomic E-state index is 0.121. The molecule has 0 aromatic heterocycles. The van der Waals surface area contributed by atoms with Gasteiger partial charge in [-0.2, -0.15) is 0 Å². The van der Waals surface area contributed by atoms with Gasteiger partial charge in [0.1, 0.15) is 0 Å². The average Bonchev–Trinajstić information content (AvgIpc) is 3.10. The van der Waals surface area contributed by atoms with Crippen molar-refractivity contribution in [2.24, 2.45) is 0 Å². The van der Waals surface area contributed by atoms with Crippen LogP contribution in [-0.4, -0.2) is 6.98 Å². The van der Waals surface area contributed by atoms with Crippen LogP contribution in [0.2, 0.25) is 0 Å². The molecule has 0 bridgehead atoms. The van der Waals surface area contributed by atoms with Gasteiger partial charge in [0.05, 0.1) is 11.4 Å². The minimum Gasteiger partial charge on any atom is -0.360 e. The van der Waals surface area contributed by atoms with Crippen LogP contribution < -0.4 is 15.1 Å². The van der Waals surface area contributed by atoms with Gasteiger partial charge < -0.3 is 9.62 Å². The second-order valence-electron chi connectivity index (χ2n) is 7.04. The van der Waals surface area contributed by atoms with Crippen molar-refractivity contribution < 1.29 is 0 Å². The smallest absolute Gasteiger partial charge is 0.360 e. The lowest BCUT2D eigenvalue weighted by molar-refractivity contribution is 1.38. The molecule has 0 aliphatic carbocycles. The van der Waals surface area contributed by atoms with Gasteiger partial charge in [-0.25, -0.2) is 0 Å². The van der Waals surface area contributed by atoms with Gasteiger partial charge in [0.2, 0.25) is 0 Å². The second-order valence-corrected chi connectivity index (χ2v) is 7.04. The molecule has 0 spiro atoms. The molecule has 4 aromatic rings. The lowest BCUT2D eigenvalue weighted by Gasteiger charge is -2.36. The number of para-hydroxylation sites is 4. The Balaban J connectivity index is 1.70. The van der Waals surface area contributed by atoms with Crippen LogP contribution in [0.5, 0.6) is 0 Å². The van der Waals surface area contributed by atoms with Crippen molar-refractivity contribution in [3.05, 3.63) is 103 Å². The van der Waals surface area contributed by atoms with E-state index in [2.05, 4.69) is 113 Å². The van der Waals surface area contributed by atoms with Gasteiger partial charge >= 0.3 is 6.98 Å². The van der Waals surface area contributed by atoms with Crippen LogP contribution in [0.15, 0.2) is 103 Å². The predicted octanol–water partition coefficient (Wildman–Crippen LogP) is 5.35. The number of nitrogens with zero attached hydrogens (tertiary/aromatic N) is 2. The summed E-state index contributed by atoms with van der Waals surface area (Å²) in [6.07, 6.45) is 0. The van der Waals surface area contributed by atoms with Crippen molar-refractivity contribution >= 4 is 35.2 Å². The number of benzene rings is 4. The molecule has 6 rings (SSSR count). The van der Waals surface area contributed by atoms with E-state index >= 15 is 0 Å². The van der Waals surface area contributed by atoms with E-state index in [9.17, 15) is 0 Å². The Hall–Kier alpha value is -3.46. The van der Waals surface area contributed by atoms with Crippen molar-refractivity contribution in [3.8, 4) is 11.1 Å². The maximum absolute atomic E-state index is 2.49. The van der Waals surface area contributed by atoms with E-state index in [4.69, 9.17) is 0 Å². The van der Waals surface area contributed by atoms with Gasteiger partial charge in [-0.3, -0.25) is 0 Å². The predicted molar refractivity (Wildman–Crippen MR) is 114 cm³/mol. The summed E-state index contributed by atoms with van der Waals surface area (Å²) in [7, 11) is 0. The molecule has 4 aromatic carbocycles. The molecule has 0 saturated carbocycles. The summed E-state index contributed by atoms with van der Waals surface area (Å²) >= 11 is 0. The van der Waals surface area contributed by atoms with Crippen LogP contribution in [0, 0.1) is 0 Å². The van der Waals surface area contributed by atoms with E-state index < -0.39 is 0 Å². The Morgan fingerprint density at radius 3 is 1.78 bits per heavy atom. The van der Waals surface area contributed by atoms with Gasteiger partial charge in [0.15, 0.2) is 0 Å². The maximum atomic E-state index is 2.49. The monoisotopic (exact) mass is 344 g/mol. The molecule has 3 heteroatoms. The third kappa shape index (κ3) is 1.97. The third-order valence-electron chi connectivity index (χ3n) is 5.62. The van der Waals surface area contributed by atoms with Crippen LogP contribution >= 0.6 is 0 Å². The zero-order valence-electron chi connectivity index (χ0n) is 14.8. The van der Waals surface area contributed by atoms with Crippen LogP contribution in [0.25, 0.3) is 11.1 Å². The Morgan fingerprint density at radius 1 is 0.444 bits per heavy atom. The molecular weight excluding hydrogens is 327 g/mol. The summed E-state index contributed by atoms with van der Waals surface area (Å²) in [6, 6.07) is 37.0. The summed E-state index contributed by atoms with van der Waals surface area (Å²) in [4.78, 5) is 4.95. The standard InChI is InChI=1S/C24H17BN2/c1-2-10-18(11-3-1)26-23-16-8-9-17-24(23)27-22-15-7-5-13-20(22)19-12-4-6-14-21(19)25(26)27/h1-17H. The average molecular weight is 344 g/mol. The summed E-state index contributed by atoms with van der Waals surface area (Å²) in [5.74, 6) is 0. The van der Waals surface area contributed by atoms with Crippen LogP contribution in [0.4, 0.5) is 22.7 Å². The number of fused-ring (bicyclic) bond motifs is 8. The molecular formula is C24H17BN2. The molecule has 27 heavy (non-hydrogen) atoms. The summed E-state index contributed by atoms with van der Waals surface area (Å²) in [5.41, 5.74) is 8.96. The largest absolute Gasteiger partial charge is 0.421 e. The number of rotatable bonds is 1. The van der Waals surface area contributed by atoms with Gasteiger partial charge in [-0.1, -0.05) is 72.8 Å². The molecule has 2 nitrogen and oxygen atoms in total. The lowest BCUT2D eigenvalue weighted by atomic mass is 9.59. The highest BCUT2D eigenvalue weighted by atomic mass is 15.3. The first-order valence-electron chi connectivity index (χ1n) is 9.34. The van der Waals surface area contributed by atoms with Gasteiger partial charge in [-0.15, -0.1) is 0 Å². The van der Waals surface area contributed by atoms with Crippen molar-refractivity contribution in [1.29, 1.82) is 0 Å². The molecule has 0 amide bonds. The quantitative estimate of drug-likeness (QED) is 0.429. The van der Waals surface area contributed by atoms with Crippen molar-refractivity contribution in [3.63, 3.8) is 0 Å². The van der Waals surface area contributed by atoms with E-state index in [1.54, 1.807) is 0 Å². The molecule has 2 aliphatic rings. The molecule has 0 atom stereocenters.